The maximum Gasteiger partial charge on any atom is 0.255 e. The van der Waals surface area contributed by atoms with Gasteiger partial charge in [-0.2, -0.15) is 0 Å². The first-order chi connectivity index (χ1) is 10.0. The fourth-order valence-electron chi connectivity index (χ4n) is 2.28. The van der Waals surface area contributed by atoms with Crippen molar-refractivity contribution in [3.05, 3.63) is 62.3 Å². The van der Waals surface area contributed by atoms with Crippen LogP contribution < -0.4 is 10.6 Å². The summed E-state index contributed by atoms with van der Waals surface area (Å²) in [5, 5.41) is 6.09. The summed E-state index contributed by atoms with van der Waals surface area (Å²) in [6.45, 7) is 1.59. The Morgan fingerprint density at radius 2 is 2.00 bits per heavy atom. The molecule has 0 unspecified atom stereocenters. The Morgan fingerprint density at radius 3 is 2.76 bits per heavy atom. The predicted molar refractivity (Wildman–Crippen MR) is 84.0 cm³/mol. The van der Waals surface area contributed by atoms with Gasteiger partial charge in [-0.1, -0.05) is 17.7 Å². The van der Waals surface area contributed by atoms with Crippen LogP contribution in [0.25, 0.3) is 0 Å². The largest absolute Gasteiger partial charge is 0.320 e. The molecule has 0 radical (unpaired) electrons. The SMILES string of the molecule is O=C(Nc1c(Cl)cc(F)cc1Br)c1ccc2c(c1)CNC2. The number of hydrogen-bond donors (Lipinski definition) is 2. The summed E-state index contributed by atoms with van der Waals surface area (Å²) >= 11 is 9.16. The van der Waals surface area contributed by atoms with Gasteiger partial charge in [0.25, 0.3) is 5.91 Å². The molecule has 2 aromatic carbocycles. The summed E-state index contributed by atoms with van der Waals surface area (Å²) in [4.78, 5) is 12.3. The summed E-state index contributed by atoms with van der Waals surface area (Å²) < 4.78 is 13.6. The molecule has 6 heteroatoms. The molecule has 3 nitrogen and oxygen atoms in total. The quantitative estimate of drug-likeness (QED) is 0.837. The average molecular weight is 370 g/mol. The van der Waals surface area contributed by atoms with Crippen molar-refractivity contribution in [1.82, 2.24) is 5.32 Å². The van der Waals surface area contributed by atoms with E-state index in [1.54, 1.807) is 6.07 Å². The smallest absolute Gasteiger partial charge is 0.255 e. The van der Waals surface area contributed by atoms with Crippen LogP contribution in [0.4, 0.5) is 10.1 Å². The summed E-state index contributed by atoms with van der Waals surface area (Å²) in [5.74, 6) is -0.743. The molecule has 2 N–H and O–H groups in total. The molecule has 0 aromatic heterocycles. The van der Waals surface area contributed by atoms with Gasteiger partial charge in [0.15, 0.2) is 0 Å². The fraction of sp³-hybridized carbons (Fsp3) is 0.133. The number of fused-ring (bicyclic) bond motifs is 1. The van der Waals surface area contributed by atoms with E-state index in [-0.39, 0.29) is 10.9 Å². The third-order valence-corrected chi connectivity index (χ3v) is 4.27. The van der Waals surface area contributed by atoms with Crippen molar-refractivity contribution in [2.24, 2.45) is 0 Å². The summed E-state index contributed by atoms with van der Waals surface area (Å²) in [7, 11) is 0. The molecule has 0 fully saturated rings. The van der Waals surface area contributed by atoms with Crippen LogP contribution in [0.3, 0.4) is 0 Å². The lowest BCUT2D eigenvalue weighted by molar-refractivity contribution is 0.102. The Labute approximate surface area is 134 Å². The van der Waals surface area contributed by atoms with Crippen LogP contribution in [0, 0.1) is 5.82 Å². The van der Waals surface area contributed by atoms with Gasteiger partial charge >= 0.3 is 0 Å². The summed E-state index contributed by atoms with van der Waals surface area (Å²) in [6.07, 6.45) is 0. The number of rotatable bonds is 2. The van der Waals surface area contributed by atoms with E-state index < -0.39 is 5.82 Å². The molecule has 0 bridgehead atoms. The monoisotopic (exact) mass is 368 g/mol. The van der Waals surface area contributed by atoms with E-state index in [4.69, 9.17) is 11.6 Å². The predicted octanol–water partition coefficient (Wildman–Crippen LogP) is 4.10. The van der Waals surface area contributed by atoms with Crippen LogP contribution in [0.15, 0.2) is 34.8 Å². The number of amides is 1. The zero-order chi connectivity index (χ0) is 15.0. The van der Waals surface area contributed by atoms with E-state index in [9.17, 15) is 9.18 Å². The average Bonchev–Trinajstić information content (AvgIpc) is 2.89. The van der Waals surface area contributed by atoms with Gasteiger partial charge in [0.2, 0.25) is 0 Å². The van der Waals surface area contributed by atoms with Gasteiger partial charge in [0.1, 0.15) is 5.82 Å². The van der Waals surface area contributed by atoms with Gasteiger partial charge in [-0.25, -0.2) is 4.39 Å². The first-order valence-electron chi connectivity index (χ1n) is 6.33. The molecule has 0 aliphatic carbocycles. The number of hydrogen-bond acceptors (Lipinski definition) is 2. The molecular formula is C15H11BrClFN2O. The lowest BCUT2D eigenvalue weighted by Gasteiger charge is -2.10. The van der Waals surface area contributed by atoms with Crippen molar-refractivity contribution in [1.29, 1.82) is 0 Å². The van der Waals surface area contributed by atoms with Gasteiger partial charge in [-0.05, 0) is 51.3 Å². The zero-order valence-electron chi connectivity index (χ0n) is 10.8. The first-order valence-corrected chi connectivity index (χ1v) is 7.50. The molecule has 108 valence electrons. The molecule has 0 saturated carbocycles. The maximum absolute atomic E-state index is 13.2. The fourth-order valence-corrected chi connectivity index (χ4v) is 3.18. The summed E-state index contributed by atoms with van der Waals surface area (Å²) in [6, 6.07) is 7.98. The summed E-state index contributed by atoms with van der Waals surface area (Å²) in [5.41, 5.74) is 3.23. The Kier molecular flexibility index (Phi) is 3.97. The number of anilines is 1. The Morgan fingerprint density at radius 1 is 1.24 bits per heavy atom. The lowest BCUT2D eigenvalue weighted by atomic mass is 10.1. The Hall–Kier alpha value is -1.43. The highest BCUT2D eigenvalue weighted by atomic mass is 79.9. The van der Waals surface area contributed by atoms with E-state index in [1.165, 1.54) is 11.6 Å². The molecule has 0 atom stereocenters. The zero-order valence-corrected chi connectivity index (χ0v) is 13.2. The van der Waals surface area contributed by atoms with Crippen LogP contribution in [0.1, 0.15) is 21.5 Å². The van der Waals surface area contributed by atoms with Gasteiger partial charge in [-0.3, -0.25) is 4.79 Å². The molecule has 0 spiro atoms. The Bertz CT molecular complexity index is 713. The van der Waals surface area contributed by atoms with E-state index in [1.807, 2.05) is 12.1 Å². The minimum absolute atomic E-state index is 0.151. The normalized spacial score (nSPS) is 13.1. The van der Waals surface area contributed by atoms with Gasteiger partial charge in [0.05, 0.1) is 10.7 Å². The van der Waals surface area contributed by atoms with Crippen molar-refractivity contribution < 1.29 is 9.18 Å². The number of carbonyl (C=O) groups is 1. The minimum Gasteiger partial charge on any atom is -0.320 e. The molecule has 1 aliphatic rings. The van der Waals surface area contributed by atoms with Gasteiger partial charge in [0, 0.05) is 23.1 Å². The van der Waals surface area contributed by atoms with Crippen molar-refractivity contribution in [2.75, 3.05) is 5.32 Å². The van der Waals surface area contributed by atoms with Crippen LogP contribution in [0.5, 0.6) is 0 Å². The number of carbonyl (C=O) groups excluding carboxylic acids is 1. The van der Waals surface area contributed by atoms with E-state index >= 15 is 0 Å². The second kappa shape index (κ2) is 5.75. The van der Waals surface area contributed by atoms with Crippen molar-refractivity contribution >= 4 is 39.1 Å². The van der Waals surface area contributed by atoms with E-state index in [0.29, 0.717) is 15.7 Å². The molecule has 21 heavy (non-hydrogen) atoms. The molecule has 1 amide bonds. The highest BCUT2D eigenvalue weighted by molar-refractivity contribution is 9.10. The van der Waals surface area contributed by atoms with Crippen molar-refractivity contribution in [3.63, 3.8) is 0 Å². The molecule has 1 heterocycles. The van der Waals surface area contributed by atoms with Crippen molar-refractivity contribution in [3.8, 4) is 0 Å². The topological polar surface area (TPSA) is 41.1 Å². The highest BCUT2D eigenvalue weighted by Crippen LogP contribution is 2.32. The molecule has 0 saturated heterocycles. The van der Waals surface area contributed by atoms with Crippen LogP contribution in [-0.4, -0.2) is 5.91 Å². The number of halogens is 3. The molecule has 1 aliphatic heterocycles. The molecule has 3 rings (SSSR count). The van der Waals surface area contributed by atoms with Crippen molar-refractivity contribution in [2.45, 2.75) is 13.1 Å². The van der Waals surface area contributed by atoms with E-state index in [0.717, 1.165) is 24.7 Å². The first kappa shape index (κ1) is 14.5. The highest BCUT2D eigenvalue weighted by Gasteiger charge is 2.16. The van der Waals surface area contributed by atoms with Crippen LogP contribution >= 0.6 is 27.5 Å². The lowest BCUT2D eigenvalue weighted by Crippen LogP contribution is -2.13. The van der Waals surface area contributed by atoms with Crippen LogP contribution in [0.2, 0.25) is 5.02 Å². The molecule has 2 aromatic rings. The Balaban J connectivity index is 1.87. The standard InChI is InChI=1S/C15H11BrClFN2O/c16-12-4-11(18)5-13(17)14(12)20-15(21)8-1-2-9-6-19-7-10(9)3-8/h1-5,19H,6-7H2,(H,20,21). The third-order valence-electron chi connectivity index (χ3n) is 3.34. The van der Waals surface area contributed by atoms with Crippen LogP contribution in [-0.2, 0) is 13.1 Å². The second-order valence-corrected chi connectivity index (χ2v) is 6.05. The van der Waals surface area contributed by atoms with Gasteiger partial charge < -0.3 is 10.6 Å². The second-order valence-electron chi connectivity index (χ2n) is 4.79. The number of nitrogens with one attached hydrogen (secondary N) is 2. The van der Waals surface area contributed by atoms with Gasteiger partial charge in [-0.15, -0.1) is 0 Å². The number of benzene rings is 2. The third kappa shape index (κ3) is 2.95. The maximum atomic E-state index is 13.2. The van der Waals surface area contributed by atoms with E-state index in [2.05, 4.69) is 26.6 Å². The molecular weight excluding hydrogens is 359 g/mol. The minimum atomic E-state index is -0.464.